The van der Waals surface area contributed by atoms with Crippen molar-refractivity contribution >= 4 is 5.78 Å². The van der Waals surface area contributed by atoms with Gasteiger partial charge in [-0.2, -0.15) is 0 Å². The van der Waals surface area contributed by atoms with Gasteiger partial charge in [0.1, 0.15) is 0 Å². The second kappa shape index (κ2) is 4.63. The van der Waals surface area contributed by atoms with Crippen LogP contribution < -0.4 is 0 Å². The molecular formula is C17H16O2. The van der Waals surface area contributed by atoms with Gasteiger partial charge in [0.25, 0.3) is 0 Å². The van der Waals surface area contributed by atoms with Crippen molar-refractivity contribution in [3.05, 3.63) is 70.8 Å². The molecule has 0 bridgehead atoms. The molecule has 0 saturated heterocycles. The van der Waals surface area contributed by atoms with Crippen LogP contribution in [0.3, 0.4) is 0 Å². The molecule has 0 spiro atoms. The van der Waals surface area contributed by atoms with Gasteiger partial charge in [0.2, 0.25) is 0 Å². The number of aliphatic hydroxyl groups is 1. The highest BCUT2D eigenvalue weighted by atomic mass is 16.3. The molecule has 2 nitrogen and oxygen atoms in total. The molecule has 2 atom stereocenters. The minimum atomic E-state index is -0.676. The lowest BCUT2D eigenvalue weighted by Gasteiger charge is -2.13. The summed E-state index contributed by atoms with van der Waals surface area (Å²) in [6.45, 7) is 2.04. The molecule has 2 heteroatoms. The Morgan fingerprint density at radius 2 is 1.74 bits per heavy atom. The predicted molar refractivity (Wildman–Crippen MR) is 74.1 cm³/mol. The fourth-order valence-electron chi connectivity index (χ4n) is 2.72. The molecular weight excluding hydrogens is 236 g/mol. The standard InChI is InChI=1S/C17H16O2/c1-11-6-8-12(9-7-11)10-15-16(18)13-4-2-3-5-14(13)17(15)19/h2-9,15-16,18H,10H2,1H3/t15-,16+/m0/s1. The molecule has 0 radical (unpaired) electrons. The maximum atomic E-state index is 12.3. The van der Waals surface area contributed by atoms with Crippen LogP contribution in [-0.4, -0.2) is 10.9 Å². The van der Waals surface area contributed by atoms with Gasteiger partial charge in [0, 0.05) is 5.56 Å². The molecule has 0 unspecified atom stereocenters. The van der Waals surface area contributed by atoms with Crippen molar-refractivity contribution in [3.8, 4) is 0 Å². The Kier molecular flexibility index (Phi) is 2.96. The SMILES string of the molecule is Cc1ccc(C[C@@H]2C(=O)c3ccccc3[C@H]2O)cc1. The van der Waals surface area contributed by atoms with Crippen LogP contribution in [0.25, 0.3) is 0 Å². The number of carbonyl (C=O) groups is 1. The van der Waals surface area contributed by atoms with Crippen LogP contribution in [0.5, 0.6) is 0 Å². The van der Waals surface area contributed by atoms with E-state index in [0.717, 1.165) is 11.1 Å². The third-order valence-electron chi connectivity index (χ3n) is 3.84. The van der Waals surface area contributed by atoms with E-state index in [1.165, 1.54) is 5.56 Å². The molecule has 1 aliphatic rings. The highest BCUT2D eigenvalue weighted by Crippen LogP contribution is 2.37. The van der Waals surface area contributed by atoms with Crippen LogP contribution in [0.4, 0.5) is 0 Å². The summed E-state index contributed by atoms with van der Waals surface area (Å²) in [5.74, 6) is -0.288. The van der Waals surface area contributed by atoms with Gasteiger partial charge in [-0.05, 0) is 24.5 Å². The van der Waals surface area contributed by atoms with Crippen LogP contribution in [0.1, 0.15) is 33.2 Å². The minimum absolute atomic E-state index is 0.0590. The number of Topliss-reactive ketones (excluding diaryl/α,β-unsaturated/α-hetero) is 1. The van der Waals surface area contributed by atoms with Gasteiger partial charge in [0.05, 0.1) is 12.0 Å². The second-order valence-corrected chi connectivity index (χ2v) is 5.19. The fraction of sp³-hybridized carbons (Fsp3) is 0.235. The monoisotopic (exact) mass is 252 g/mol. The molecule has 2 aromatic carbocycles. The Labute approximate surface area is 112 Å². The zero-order valence-corrected chi connectivity index (χ0v) is 10.8. The van der Waals surface area contributed by atoms with Crippen molar-refractivity contribution in [2.45, 2.75) is 19.4 Å². The number of fused-ring (bicyclic) bond motifs is 1. The van der Waals surface area contributed by atoms with E-state index in [0.29, 0.717) is 12.0 Å². The van der Waals surface area contributed by atoms with E-state index >= 15 is 0 Å². The number of benzene rings is 2. The van der Waals surface area contributed by atoms with E-state index in [1.807, 2.05) is 49.4 Å². The van der Waals surface area contributed by atoms with Gasteiger partial charge in [0.15, 0.2) is 5.78 Å². The smallest absolute Gasteiger partial charge is 0.169 e. The predicted octanol–water partition coefficient (Wildman–Crippen LogP) is 3.08. The summed E-state index contributed by atoms with van der Waals surface area (Å²) in [6.07, 6.45) is -0.0837. The zero-order chi connectivity index (χ0) is 13.4. The lowest BCUT2D eigenvalue weighted by molar-refractivity contribution is 0.0757. The van der Waals surface area contributed by atoms with Crippen molar-refractivity contribution < 1.29 is 9.90 Å². The molecule has 0 amide bonds. The maximum absolute atomic E-state index is 12.3. The number of carbonyl (C=O) groups excluding carboxylic acids is 1. The summed E-state index contributed by atoms with van der Waals surface area (Å²) in [4.78, 5) is 12.3. The van der Waals surface area contributed by atoms with E-state index in [4.69, 9.17) is 0 Å². The van der Waals surface area contributed by atoms with Gasteiger partial charge < -0.3 is 5.11 Å². The fourth-order valence-corrected chi connectivity index (χ4v) is 2.72. The van der Waals surface area contributed by atoms with Crippen LogP contribution in [-0.2, 0) is 6.42 Å². The molecule has 1 aliphatic carbocycles. The first-order valence-corrected chi connectivity index (χ1v) is 6.53. The zero-order valence-electron chi connectivity index (χ0n) is 10.8. The van der Waals surface area contributed by atoms with Gasteiger partial charge in [-0.3, -0.25) is 4.79 Å². The molecule has 1 N–H and O–H groups in total. The number of hydrogen-bond acceptors (Lipinski definition) is 2. The number of aliphatic hydroxyl groups excluding tert-OH is 1. The molecule has 0 aromatic heterocycles. The molecule has 0 heterocycles. The summed E-state index contributed by atoms with van der Waals surface area (Å²) in [5.41, 5.74) is 3.73. The third-order valence-corrected chi connectivity index (χ3v) is 3.84. The topological polar surface area (TPSA) is 37.3 Å². The summed E-state index contributed by atoms with van der Waals surface area (Å²) in [6, 6.07) is 15.5. The molecule has 3 rings (SSSR count). The van der Waals surface area contributed by atoms with E-state index in [2.05, 4.69) is 0 Å². The molecule has 0 aliphatic heterocycles. The normalized spacial score (nSPS) is 21.5. The first-order chi connectivity index (χ1) is 9.16. The first-order valence-electron chi connectivity index (χ1n) is 6.53. The second-order valence-electron chi connectivity index (χ2n) is 5.19. The number of ketones is 1. The Bertz CT molecular complexity index is 613. The Balaban J connectivity index is 1.88. The third kappa shape index (κ3) is 2.08. The Morgan fingerprint density at radius 1 is 1.05 bits per heavy atom. The van der Waals surface area contributed by atoms with Crippen molar-refractivity contribution in [1.29, 1.82) is 0 Å². The van der Waals surface area contributed by atoms with Crippen molar-refractivity contribution in [3.63, 3.8) is 0 Å². The summed E-state index contributed by atoms with van der Waals surface area (Å²) < 4.78 is 0. The number of rotatable bonds is 2. The van der Waals surface area contributed by atoms with Crippen molar-refractivity contribution in [2.24, 2.45) is 5.92 Å². The summed E-state index contributed by atoms with van der Waals surface area (Å²) >= 11 is 0. The number of hydrogen-bond donors (Lipinski definition) is 1. The average molecular weight is 252 g/mol. The molecule has 96 valence electrons. The van der Waals surface area contributed by atoms with Crippen LogP contribution in [0, 0.1) is 12.8 Å². The molecule has 2 aromatic rings. The molecule has 19 heavy (non-hydrogen) atoms. The highest BCUT2D eigenvalue weighted by molar-refractivity contribution is 6.03. The van der Waals surface area contributed by atoms with Gasteiger partial charge in [-0.25, -0.2) is 0 Å². The summed E-state index contributed by atoms with van der Waals surface area (Å²) in [5, 5.41) is 10.3. The Hall–Kier alpha value is -1.93. The number of aryl methyl sites for hydroxylation is 1. The van der Waals surface area contributed by atoms with E-state index in [9.17, 15) is 9.90 Å². The quantitative estimate of drug-likeness (QED) is 0.891. The van der Waals surface area contributed by atoms with E-state index in [-0.39, 0.29) is 11.7 Å². The lowest BCUT2D eigenvalue weighted by atomic mass is 9.93. The lowest BCUT2D eigenvalue weighted by Crippen LogP contribution is -2.16. The van der Waals surface area contributed by atoms with Gasteiger partial charge in [-0.15, -0.1) is 0 Å². The average Bonchev–Trinajstić information content (AvgIpc) is 2.67. The van der Waals surface area contributed by atoms with Crippen LogP contribution in [0.15, 0.2) is 48.5 Å². The Morgan fingerprint density at radius 3 is 2.42 bits per heavy atom. The van der Waals surface area contributed by atoms with Gasteiger partial charge >= 0.3 is 0 Å². The summed E-state index contributed by atoms with van der Waals surface area (Å²) in [7, 11) is 0. The molecule has 0 saturated carbocycles. The van der Waals surface area contributed by atoms with Crippen molar-refractivity contribution in [1.82, 2.24) is 0 Å². The van der Waals surface area contributed by atoms with Crippen molar-refractivity contribution in [2.75, 3.05) is 0 Å². The van der Waals surface area contributed by atoms with E-state index in [1.54, 1.807) is 6.07 Å². The highest BCUT2D eigenvalue weighted by Gasteiger charge is 2.38. The van der Waals surface area contributed by atoms with Crippen LogP contribution in [0.2, 0.25) is 0 Å². The van der Waals surface area contributed by atoms with E-state index < -0.39 is 6.10 Å². The maximum Gasteiger partial charge on any atom is 0.169 e. The first kappa shape index (κ1) is 12.1. The minimum Gasteiger partial charge on any atom is -0.388 e. The largest absolute Gasteiger partial charge is 0.388 e. The van der Waals surface area contributed by atoms with Crippen LogP contribution >= 0.6 is 0 Å². The molecule has 0 fully saturated rings. The van der Waals surface area contributed by atoms with Gasteiger partial charge in [-0.1, -0.05) is 54.1 Å².